The van der Waals surface area contributed by atoms with E-state index in [4.69, 9.17) is 4.74 Å². The predicted molar refractivity (Wildman–Crippen MR) is 76.0 cm³/mol. The number of methoxy groups -OCH3 is 1. The summed E-state index contributed by atoms with van der Waals surface area (Å²) in [4.78, 5) is 12.1. The predicted octanol–water partition coefficient (Wildman–Crippen LogP) is 1.84. The lowest BCUT2D eigenvalue weighted by molar-refractivity contribution is -0.123. The van der Waals surface area contributed by atoms with E-state index in [0.29, 0.717) is 11.5 Å². The monoisotopic (exact) mass is 268 g/mol. The van der Waals surface area contributed by atoms with Crippen molar-refractivity contribution >= 4 is 5.91 Å². The zero-order valence-corrected chi connectivity index (χ0v) is 12.3. The number of rotatable bonds is 8. The average Bonchev–Trinajstić information content (AvgIpc) is 3.00. The van der Waals surface area contributed by atoms with Gasteiger partial charge in [-0.05, 0) is 44.4 Å². The Labute approximate surface area is 116 Å². The van der Waals surface area contributed by atoms with Crippen LogP contribution in [0, 0.1) is 5.41 Å². The quantitative estimate of drug-likeness (QED) is 0.706. The number of carbonyl (C=O) groups excluding carboxylic acids is 1. The van der Waals surface area contributed by atoms with Gasteiger partial charge in [-0.3, -0.25) is 4.79 Å². The van der Waals surface area contributed by atoms with Crippen LogP contribution in [-0.2, 0) is 9.53 Å². The minimum absolute atomic E-state index is 0.0828. The fourth-order valence-electron chi connectivity index (χ4n) is 2.87. The summed E-state index contributed by atoms with van der Waals surface area (Å²) in [5, 5.41) is 6.55. The van der Waals surface area contributed by atoms with Crippen LogP contribution in [-0.4, -0.2) is 38.3 Å². The van der Waals surface area contributed by atoms with E-state index in [1.165, 1.54) is 25.7 Å². The fraction of sp³-hybridized carbons (Fsp3) is 0.933. The molecule has 2 N–H and O–H groups in total. The SMILES string of the molecule is COCCC1(CNC(C)C(=O)NC2CCCC2)CC1. The van der Waals surface area contributed by atoms with Crippen LogP contribution < -0.4 is 10.6 Å². The highest BCUT2D eigenvalue weighted by Gasteiger charge is 2.42. The van der Waals surface area contributed by atoms with E-state index in [-0.39, 0.29) is 11.9 Å². The molecule has 2 aliphatic rings. The molecule has 0 spiro atoms. The van der Waals surface area contributed by atoms with Crippen molar-refractivity contribution in [3.05, 3.63) is 0 Å². The Morgan fingerprint density at radius 1 is 1.37 bits per heavy atom. The van der Waals surface area contributed by atoms with Gasteiger partial charge in [0, 0.05) is 26.3 Å². The second kappa shape index (κ2) is 6.71. The first kappa shape index (κ1) is 14.8. The fourth-order valence-corrected chi connectivity index (χ4v) is 2.87. The first-order valence-electron chi connectivity index (χ1n) is 7.68. The highest BCUT2D eigenvalue weighted by molar-refractivity contribution is 5.81. The van der Waals surface area contributed by atoms with E-state index < -0.39 is 0 Å². The molecule has 2 saturated carbocycles. The van der Waals surface area contributed by atoms with Crippen LogP contribution in [0.25, 0.3) is 0 Å². The van der Waals surface area contributed by atoms with Crippen molar-refractivity contribution in [2.24, 2.45) is 5.41 Å². The van der Waals surface area contributed by atoms with Gasteiger partial charge < -0.3 is 15.4 Å². The molecule has 4 nitrogen and oxygen atoms in total. The third-order valence-electron chi connectivity index (χ3n) is 4.67. The maximum atomic E-state index is 12.1. The molecule has 110 valence electrons. The first-order valence-corrected chi connectivity index (χ1v) is 7.68. The molecule has 0 bridgehead atoms. The second-order valence-corrected chi connectivity index (χ2v) is 6.34. The highest BCUT2D eigenvalue weighted by Crippen LogP contribution is 2.48. The van der Waals surface area contributed by atoms with Gasteiger partial charge in [0.25, 0.3) is 0 Å². The minimum atomic E-state index is -0.0828. The van der Waals surface area contributed by atoms with Crippen LogP contribution in [0.2, 0.25) is 0 Å². The molecule has 0 aromatic rings. The first-order chi connectivity index (χ1) is 9.15. The molecule has 2 rings (SSSR count). The van der Waals surface area contributed by atoms with Gasteiger partial charge >= 0.3 is 0 Å². The van der Waals surface area contributed by atoms with Crippen molar-refractivity contribution in [3.63, 3.8) is 0 Å². The molecule has 4 heteroatoms. The van der Waals surface area contributed by atoms with Gasteiger partial charge in [0.2, 0.25) is 5.91 Å². The number of hydrogen-bond donors (Lipinski definition) is 2. The molecule has 0 aromatic carbocycles. The van der Waals surface area contributed by atoms with E-state index in [9.17, 15) is 4.79 Å². The molecule has 2 fully saturated rings. The molecule has 2 aliphatic carbocycles. The summed E-state index contributed by atoms with van der Waals surface area (Å²) in [5.41, 5.74) is 0.401. The van der Waals surface area contributed by atoms with Crippen molar-refractivity contribution in [1.29, 1.82) is 0 Å². The van der Waals surface area contributed by atoms with Crippen molar-refractivity contribution in [1.82, 2.24) is 10.6 Å². The Bertz CT molecular complexity index is 297. The van der Waals surface area contributed by atoms with Gasteiger partial charge in [0.15, 0.2) is 0 Å². The number of carbonyl (C=O) groups is 1. The molecule has 0 radical (unpaired) electrons. The smallest absolute Gasteiger partial charge is 0.237 e. The average molecular weight is 268 g/mol. The lowest BCUT2D eigenvalue weighted by atomic mass is 10.0. The van der Waals surface area contributed by atoms with E-state index in [0.717, 1.165) is 32.4 Å². The molecule has 19 heavy (non-hydrogen) atoms. The van der Waals surface area contributed by atoms with E-state index in [1.807, 2.05) is 6.92 Å². The summed E-state index contributed by atoms with van der Waals surface area (Å²) in [7, 11) is 1.75. The van der Waals surface area contributed by atoms with Crippen molar-refractivity contribution in [3.8, 4) is 0 Å². The Morgan fingerprint density at radius 2 is 2.05 bits per heavy atom. The van der Waals surface area contributed by atoms with Crippen LogP contribution in [0.5, 0.6) is 0 Å². The Morgan fingerprint density at radius 3 is 2.63 bits per heavy atom. The van der Waals surface area contributed by atoms with Crippen molar-refractivity contribution in [2.75, 3.05) is 20.3 Å². The Balaban J connectivity index is 1.65. The zero-order valence-electron chi connectivity index (χ0n) is 12.3. The summed E-state index contributed by atoms with van der Waals surface area (Å²) in [6, 6.07) is 0.334. The van der Waals surface area contributed by atoms with Crippen molar-refractivity contribution in [2.45, 2.75) is 64.0 Å². The summed E-state index contributed by atoms with van der Waals surface area (Å²) >= 11 is 0. The summed E-state index contributed by atoms with van der Waals surface area (Å²) < 4.78 is 5.15. The molecule has 0 heterocycles. The maximum absolute atomic E-state index is 12.1. The van der Waals surface area contributed by atoms with Crippen molar-refractivity contribution < 1.29 is 9.53 Å². The Kier molecular flexibility index (Phi) is 5.22. The van der Waals surface area contributed by atoms with Crippen LogP contribution in [0.3, 0.4) is 0 Å². The lowest BCUT2D eigenvalue weighted by Gasteiger charge is -2.21. The normalized spacial score (nSPS) is 23.3. The number of nitrogens with one attached hydrogen (secondary N) is 2. The zero-order chi connectivity index (χ0) is 13.7. The van der Waals surface area contributed by atoms with E-state index in [1.54, 1.807) is 7.11 Å². The molecular formula is C15H28N2O2. The molecular weight excluding hydrogens is 240 g/mol. The molecule has 1 atom stereocenters. The molecule has 0 saturated heterocycles. The van der Waals surface area contributed by atoms with Gasteiger partial charge in [0.1, 0.15) is 0 Å². The molecule has 1 unspecified atom stereocenters. The molecule has 0 aliphatic heterocycles. The lowest BCUT2D eigenvalue weighted by Crippen LogP contribution is -2.47. The number of ether oxygens (including phenoxy) is 1. The van der Waals surface area contributed by atoms with E-state index >= 15 is 0 Å². The van der Waals surface area contributed by atoms with Gasteiger partial charge in [-0.1, -0.05) is 12.8 Å². The Hall–Kier alpha value is -0.610. The maximum Gasteiger partial charge on any atom is 0.237 e. The number of hydrogen-bond acceptors (Lipinski definition) is 3. The van der Waals surface area contributed by atoms with Gasteiger partial charge in [0.05, 0.1) is 6.04 Å². The summed E-state index contributed by atoms with van der Waals surface area (Å²) in [6.07, 6.45) is 8.44. The highest BCUT2D eigenvalue weighted by atomic mass is 16.5. The van der Waals surface area contributed by atoms with Gasteiger partial charge in [-0.15, -0.1) is 0 Å². The third kappa shape index (κ3) is 4.46. The number of amides is 1. The second-order valence-electron chi connectivity index (χ2n) is 6.34. The van der Waals surface area contributed by atoms with Gasteiger partial charge in [-0.2, -0.15) is 0 Å². The standard InChI is InChI=1S/C15H28N2O2/c1-12(14(18)17-13-5-3-4-6-13)16-11-15(7-8-15)9-10-19-2/h12-13,16H,3-11H2,1-2H3,(H,17,18). The molecule has 1 amide bonds. The van der Waals surface area contributed by atoms with E-state index in [2.05, 4.69) is 10.6 Å². The summed E-state index contributed by atoms with van der Waals surface area (Å²) in [6.45, 7) is 3.73. The van der Waals surface area contributed by atoms with Gasteiger partial charge in [-0.25, -0.2) is 0 Å². The summed E-state index contributed by atoms with van der Waals surface area (Å²) in [5.74, 6) is 0.162. The topological polar surface area (TPSA) is 50.4 Å². The molecule has 0 aromatic heterocycles. The minimum Gasteiger partial charge on any atom is -0.385 e. The van der Waals surface area contributed by atoms with Crippen LogP contribution in [0.15, 0.2) is 0 Å². The van der Waals surface area contributed by atoms with Crippen LogP contribution in [0.1, 0.15) is 51.9 Å². The third-order valence-corrected chi connectivity index (χ3v) is 4.67. The van der Waals surface area contributed by atoms with Crippen LogP contribution >= 0.6 is 0 Å². The largest absolute Gasteiger partial charge is 0.385 e. The van der Waals surface area contributed by atoms with Crippen LogP contribution in [0.4, 0.5) is 0 Å².